The molecule has 4 rings (SSSR count). The van der Waals surface area contributed by atoms with Crippen molar-refractivity contribution in [1.82, 2.24) is 14.7 Å². The Bertz CT molecular complexity index is 758. The fourth-order valence-corrected chi connectivity index (χ4v) is 4.74. The Labute approximate surface area is 172 Å². The van der Waals surface area contributed by atoms with Crippen LogP contribution in [0.25, 0.3) is 0 Å². The summed E-state index contributed by atoms with van der Waals surface area (Å²) >= 11 is 0. The molecule has 0 bridgehead atoms. The molecule has 1 aromatic rings. The summed E-state index contributed by atoms with van der Waals surface area (Å²) in [6.45, 7) is 4.45. The molecule has 0 saturated carbocycles. The monoisotopic (exact) mass is 401 g/mol. The zero-order valence-corrected chi connectivity index (χ0v) is 17.4. The number of likely N-dealkylation sites (tertiary alicyclic amines) is 1. The normalized spacial score (nSPS) is 24.2. The van der Waals surface area contributed by atoms with Gasteiger partial charge in [-0.15, -0.1) is 0 Å². The van der Waals surface area contributed by atoms with E-state index < -0.39 is 5.41 Å². The smallest absolute Gasteiger partial charge is 0.312 e. The van der Waals surface area contributed by atoms with Gasteiger partial charge in [0, 0.05) is 44.7 Å². The summed E-state index contributed by atoms with van der Waals surface area (Å²) in [7, 11) is 3.98. The van der Waals surface area contributed by atoms with E-state index in [1.807, 2.05) is 37.2 Å². The Balaban J connectivity index is 1.31. The number of nitrogens with zero attached hydrogens (tertiary/aromatic N) is 3. The maximum atomic E-state index is 12.9. The molecule has 7 heteroatoms. The molecule has 1 amide bonds. The molecule has 1 spiro atoms. The maximum Gasteiger partial charge on any atom is 0.312 e. The fraction of sp³-hybridized carbons (Fsp3) is 0.636. The van der Waals surface area contributed by atoms with Gasteiger partial charge in [0.1, 0.15) is 18.5 Å². The van der Waals surface area contributed by atoms with Crippen molar-refractivity contribution in [2.45, 2.75) is 31.9 Å². The Hall–Kier alpha value is -2.12. The van der Waals surface area contributed by atoms with E-state index in [1.165, 1.54) is 0 Å². The van der Waals surface area contributed by atoms with Gasteiger partial charge in [-0.05, 0) is 33.0 Å². The van der Waals surface area contributed by atoms with Crippen LogP contribution < -0.4 is 4.74 Å². The molecule has 0 aliphatic carbocycles. The molecule has 158 valence electrons. The second kappa shape index (κ2) is 8.32. The van der Waals surface area contributed by atoms with E-state index in [0.717, 1.165) is 37.4 Å². The zero-order chi connectivity index (χ0) is 20.4. The van der Waals surface area contributed by atoms with Crippen molar-refractivity contribution in [1.29, 1.82) is 0 Å². The lowest BCUT2D eigenvalue weighted by Gasteiger charge is -2.37. The number of carbonyl (C=O) groups is 2. The van der Waals surface area contributed by atoms with Crippen LogP contribution in [0.3, 0.4) is 0 Å². The number of cyclic esters (lactones) is 1. The Morgan fingerprint density at radius 1 is 1.21 bits per heavy atom. The highest BCUT2D eigenvalue weighted by molar-refractivity contribution is 5.81. The van der Waals surface area contributed by atoms with E-state index >= 15 is 0 Å². The third-order valence-corrected chi connectivity index (χ3v) is 6.36. The lowest BCUT2D eigenvalue weighted by molar-refractivity contribution is -0.153. The Morgan fingerprint density at radius 3 is 2.72 bits per heavy atom. The van der Waals surface area contributed by atoms with Crippen molar-refractivity contribution in [2.24, 2.45) is 5.41 Å². The Kier molecular flexibility index (Phi) is 5.79. The average molecular weight is 402 g/mol. The fourth-order valence-electron chi connectivity index (χ4n) is 4.74. The van der Waals surface area contributed by atoms with Crippen LogP contribution in [0.1, 0.15) is 24.8 Å². The van der Waals surface area contributed by atoms with E-state index in [1.54, 1.807) is 0 Å². The second-order valence-corrected chi connectivity index (χ2v) is 8.82. The second-order valence-electron chi connectivity index (χ2n) is 8.82. The van der Waals surface area contributed by atoms with Gasteiger partial charge in [-0.2, -0.15) is 0 Å². The highest BCUT2D eigenvalue weighted by Gasteiger charge is 2.50. The summed E-state index contributed by atoms with van der Waals surface area (Å²) in [4.78, 5) is 31.5. The predicted molar refractivity (Wildman–Crippen MR) is 109 cm³/mol. The van der Waals surface area contributed by atoms with Gasteiger partial charge in [-0.3, -0.25) is 14.5 Å². The maximum absolute atomic E-state index is 12.9. The van der Waals surface area contributed by atoms with E-state index in [-0.39, 0.29) is 18.0 Å². The van der Waals surface area contributed by atoms with E-state index in [4.69, 9.17) is 9.47 Å². The van der Waals surface area contributed by atoms with Crippen molar-refractivity contribution in [2.75, 3.05) is 53.4 Å². The van der Waals surface area contributed by atoms with Crippen molar-refractivity contribution in [3.63, 3.8) is 0 Å². The molecule has 0 N–H and O–H groups in total. The number of piperidine rings is 1. The van der Waals surface area contributed by atoms with Gasteiger partial charge in [0.25, 0.3) is 0 Å². The van der Waals surface area contributed by atoms with Gasteiger partial charge in [0.05, 0.1) is 12.0 Å². The number of carbonyl (C=O) groups excluding carboxylic acids is 2. The quantitative estimate of drug-likeness (QED) is 0.710. The molecule has 1 unspecified atom stereocenters. The summed E-state index contributed by atoms with van der Waals surface area (Å²) in [5.41, 5.74) is 0.725. The summed E-state index contributed by atoms with van der Waals surface area (Å²) in [5, 5.41) is 0. The molecule has 3 aliphatic heterocycles. The highest BCUT2D eigenvalue weighted by Crippen LogP contribution is 2.43. The van der Waals surface area contributed by atoms with Gasteiger partial charge < -0.3 is 19.3 Å². The first-order valence-electron chi connectivity index (χ1n) is 10.5. The number of ether oxygens (including phenoxy) is 2. The molecule has 7 nitrogen and oxygen atoms in total. The van der Waals surface area contributed by atoms with Gasteiger partial charge in [-0.25, -0.2) is 0 Å². The molecule has 29 heavy (non-hydrogen) atoms. The molecule has 2 fully saturated rings. The molecular formula is C22H31N3O4. The first kappa shape index (κ1) is 20.2. The van der Waals surface area contributed by atoms with Crippen LogP contribution in [0.15, 0.2) is 24.3 Å². The first-order chi connectivity index (χ1) is 13.9. The first-order valence-corrected chi connectivity index (χ1v) is 10.5. The standard InChI is InChI=1S/C22H31N3O4/c1-23(2)15-18-13-22(21(27)29-18)7-9-25(10-8-22)20(26)16-24-11-12-28-19-6-4-3-5-17(19)14-24/h3-6,18H,7-16H2,1-2H3. The number of para-hydroxylation sites is 1. The van der Waals surface area contributed by atoms with Crippen LogP contribution >= 0.6 is 0 Å². The lowest BCUT2D eigenvalue weighted by Crippen LogP contribution is -2.48. The number of hydrogen-bond acceptors (Lipinski definition) is 6. The number of rotatable bonds is 4. The number of fused-ring (bicyclic) bond motifs is 1. The largest absolute Gasteiger partial charge is 0.492 e. The third-order valence-electron chi connectivity index (χ3n) is 6.36. The van der Waals surface area contributed by atoms with E-state index in [9.17, 15) is 9.59 Å². The molecular weight excluding hydrogens is 370 g/mol. The Morgan fingerprint density at radius 2 is 1.97 bits per heavy atom. The molecule has 0 radical (unpaired) electrons. The zero-order valence-electron chi connectivity index (χ0n) is 17.4. The van der Waals surface area contributed by atoms with Gasteiger partial charge in [0.2, 0.25) is 5.91 Å². The average Bonchev–Trinajstić information content (AvgIpc) is 2.85. The SMILES string of the molecule is CN(C)CC1CC2(CCN(C(=O)CN3CCOc4ccccc4C3)CC2)C(=O)O1. The molecule has 1 atom stereocenters. The lowest BCUT2D eigenvalue weighted by atomic mass is 9.76. The molecule has 3 heterocycles. The molecule has 1 aromatic carbocycles. The number of esters is 1. The van der Waals surface area contributed by atoms with E-state index in [0.29, 0.717) is 39.1 Å². The third kappa shape index (κ3) is 4.41. The molecule has 3 aliphatic rings. The van der Waals surface area contributed by atoms with Crippen LogP contribution in [-0.4, -0.2) is 86.1 Å². The summed E-state index contributed by atoms with van der Waals surface area (Å²) in [6, 6.07) is 8.01. The van der Waals surface area contributed by atoms with Gasteiger partial charge in [0.15, 0.2) is 0 Å². The number of likely N-dealkylation sites (N-methyl/N-ethyl adjacent to an activating group) is 1. The minimum absolute atomic E-state index is 0.0306. The molecule has 2 saturated heterocycles. The van der Waals surface area contributed by atoms with Crippen molar-refractivity contribution in [3.8, 4) is 5.75 Å². The van der Waals surface area contributed by atoms with Crippen LogP contribution in [0.5, 0.6) is 5.75 Å². The summed E-state index contributed by atoms with van der Waals surface area (Å²) in [5.74, 6) is 0.975. The topological polar surface area (TPSA) is 62.3 Å². The molecule has 0 aromatic heterocycles. The predicted octanol–water partition coefficient (Wildman–Crippen LogP) is 1.37. The number of benzene rings is 1. The van der Waals surface area contributed by atoms with Gasteiger partial charge in [-0.1, -0.05) is 18.2 Å². The van der Waals surface area contributed by atoms with Crippen molar-refractivity contribution >= 4 is 11.9 Å². The minimum atomic E-state index is -0.396. The van der Waals surface area contributed by atoms with E-state index in [2.05, 4.69) is 15.9 Å². The van der Waals surface area contributed by atoms with Crippen LogP contribution in [0.2, 0.25) is 0 Å². The summed E-state index contributed by atoms with van der Waals surface area (Å²) < 4.78 is 11.4. The van der Waals surface area contributed by atoms with Gasteiger partial charge >= 0.3 is 5.97 Å². The van der Waals surface area contributed by atoms with Crippen molar-refractivity contribution in [3.05, 3.63) is 29.8 Å². The number of amides is 1. The van der Waals surface area contributed by atoms with Crippen LogP contribution in [0, 0.1) is 5.41 Å². The van der Waals surface area contributed by atoms with Crippen molar-refractivity contribution < 1.29 is 19.1 Å². The number of hydrogen-bond donors (Lipinski definition) is 0. The van der Waals surface area contributed by atoms with Crippen LogP contribution in [0.4, 0.5) is 0 Å². The minimum Gasteiger partial charge on any atom is -0.492 e. The highest BCUT2D eigenvalue weighted by atomic mass is 16.6. The summed E-state index contributed by atoms with van der Waals surface area (Å²) in [6.07, 6.45) is 2.14. The van der Waals surface area contributed by atoms with Crippen LogP contribution in [-0.2, 0) is 20.9 Å².